The van der Waals surface area contributed by atoms with Gasteiger partial charge in [-0.25, -0.2) is 4.98 Å². The molecule has 6 heteroatoms. The Labute approximate surface area is 124 Å². The van der Waals surface area contributed by atoms with Gasteiger partial charge in [0.2, 0.25) is 0 Å². The summed E-state index contributed by atoms with van der Waals surface area (Å²) >= 11 is 1.53. The average molecular weight is 299 g/mol. The maximum absolute atomic E-state index is 12.3. The van der Waals surface area contributed by atoms with Crippen LogP contribution in [-0.4, -0.2) is 14.8 Å². The molecule has 0 atom stereocenters. The van der Waals surface area contributed by atoms with Crippen LogP contribution in [-0.2, 0) is 7.05 Å². The molecule has 0 aliphatic heterocycles. The number of benzene rings is 1. The molecule has 1 N–H and O–H groups in total. The zero-order valence-electron chi connectivity index (χ0n) is 11.6. The minimum absolute atomic E-state index is 0.213. The molecule has 2 heterocycles. The molecule has 0 amide bonds. The van der Waals surface area contributed by atoms with E-state index in [0.29, 0.717) is 5.69 Å². The summed E-state index contributed by atoms with van der Waals surface area (Å²) in [7, 11) is 1.65. The van der Waals surface area contributed by atoms with Gasteiger partial charge in [-0.15, -0.1) is 11.3 Å². The van der Waals surface area contributed by atoms with Crippen molar-refractivity contribution < 1.29 is 5.21 Å². The number of rotatable bonds is 1. The first-order valence-electron chi connectivity index (χ1n) is 6.35. The van der Waals surface area contributed by atoms with Gasteiger partial charge >= 0.3 is 0 Å². The van der Waals surface area contributed by atoms with Gasteiger partial charge in [0.25, 0.3) is 11.0 Å². The summed E-state index contributed by atoms with van der Waals surface area (Å²) in [5.41, 5.74) is 1.82. The summed E-state index contributed by atoms with van der Waals surface area (Å²) in [4.78, 5) is 17.5. The van der Waals surface area contributed by atoms with Crippen molar-refractivity contribution in [1.82, 2.24) is 9.55 Å². The predicted molar refractivity (Wildman–Crippen MR) is 82.4 cm³/mol. The number of fused-ring (bicyclic) bond motifs is 1. The zero-order valence-corrected chi connectivity index (χ0v) is 12.4. The van der Waals surface area contributed by atoms with Gasteiger partial charge < -0.3 is 9.77 Å². The quantitative estimate of drug-likeness (QED) is 0.553. The molecule has 1 aromatic carbocycles. The molecule has 0 radical (unpaired) electrons. The van der Waals surface area contributed by atoms with Crippen molar-refractivity contribution in [2.75, 3.05) is 0 Å². The van der Waals surface area contributed by atoms with Crippen molar-refractivity contribution in [2.45, 2.75) is 6.92 Å². The Morgan fingerprint density at radius 2 is 2.14 bits per heavy atom. The summed E-state index contributed by atoms with van der Waals surface area (Å²) in [6.45, 7) is 1.99. The summed E-state index contributed by atoms with van der Waals surface area (Å²) in [5.74, 6) is 0. The first kappa shape index (κ1) is 13.5. The fourth-order valence-electron chi connectivity index (χ4n) is 2.27. The van der Waals surface area contributed by atoms with Gasteiger partial charge in [-0.1, -0.05) is 22.9 Å². The first-order valence-corrected chi connectivity index (χ1v) is 7.23. The van der Waals surface area contributed by atoms with Gasteiger partial charge in [-0.3, -0.25) is 4.79 Å². The van der Waals surface area contributed by atoms with E-state index in [2.05, 4.69) is 10.1 Å². The van der Waals surface area contributed by atoms with E-state index in [4.69, 9.17) is 5.21 Å². The van der Waals surface area contributed by atoms with Gasteiger partial charge in [0.1, 0.15) is 0 Å². The third kappa shape index (κ3) is 2.23. The number of hydrogen-bond acceptors (Lipinski definition) is 5. The molecular formula is C15H13N3O2S. The van der Waals surface area contributed by atoms with Gasteiger partial charge in [0.15, 0.2) is 0 Å². The largest absolute Gasteiger partial charge is 0.409 e. The molecule has 3 rings (SSSR count). The normalized spacial score (nSPS) is 12.0. The van der Waals surface area contributed by atoms with Crippen LogP contribution in [0.15, 0.2) is 45.7 Å². The SMILES string of the molecule is Cc1ccc2c(c1)c(-c1cccs1)n/c(=N/O)c(=O)n2C. The van der Waals surface area contributed by atoms with Crippen molar-refractivity contribution in [3.8, 4) is 10.6 Å². The fraction of sp³-hybridized carbons (Fsp3) is 0.133. The highest BCUT2D eigenvalue weighted by Gasteiger charge is 2.10. The van der Waals surface area contributed by atoms with E-state index in [1.165, 1.54) is 15.9 Å². The molecule has 0 spiro atoms. The van der Waals surface area contributed by atoms with E-state index in [9.17, 15) is 4.79 Å². The number of aromatic nitrogens is 2. The van der Waals surface area contributed by atoms with E-state index in [1.54, 1.807) is 7.05 Å². The maximum Gasteiger partial charge on any atom is 0.299 e. The van der Waals surface area contributed by atoms with E-state index >= 15 is 0 Å². The van der Waals surface area contributed by atoms with Crippen LogP contribution in [0.5, 0.6) is 0 Å². The van der Waals surface area contributed by atoms with Crippen molar-refractivity contribution in [3.05, 3.63) is 57.1 Å². The lowest BCUT2D eigenvalue weighted by atomic mass is 10.1. The summed E-state index contributed by atoms with van der Waals surface area (Å²) in [5, 5.41) is 14.9. The second-order valence-corrected chi connectivity index (χ2v) is 5.69. The zero-order chi connectivity index (χ0) is 15.0. The number of nitrogens with zero attached hydrogens (tertiary/aromatic N) is 3. The lowest BCUT2D eigenvalue weighted by Crippen LogP contribution is -2.32. The maximum atomic E-state index is 12.3. The number of thiophene rings is 1. The molecule has 0 saturated carbocycles. The van der Waals surface area contributed by atoms with E-state index in [-0.39, 0.29) is 5.49 Å². The van der Waals surface area contributed by atoms with Crippen molar-refractivity contribution >= 4 is 22.2 Å². The highest BCUT2D eigenvalue weighted by atomic mass is 32.1. The molecule has 0 fully saturated rings. The van der Waals surface area contributed by atoms with Crippen molar-refractivity contribution in [2.24, 2.45) is 12.2 Å². The van der Waals surface area contributed by atoms with Crippen LogP contribution in [0.1, 0.15) is 5.56 Å². The second-order valence-electron chi connectivity index (χ2n) is 4.75. The first-order chi connectivity index (χ1) is 10.1. The van der Waals surface area contributed by atoms with Crippen LogP contribution in [0.25, 0.3) is 21.5 Å². The van der Waals surface area contributed by atoms with Gasteiger partial charge in [-0.05, 0) is 30.5 Å². The molecule has 0 saturated heterocycles. The van der Waals surface area contributed by atoms with Gasteiger partial charge in [-0.2, -0.15) is 0 Å². The Kier molecular flexibility index (Phi) is 3.31. The molecule has 5 nitrogen and oxygen atoms in total. The summed E-state index contributed by atoms with van der Waals surface area (Å²) < 4.78 is 1.45. The second kappa shape index (κ2) is 5.14. The van der Waals surface area contributed by atoms with Crippen LogP contribution >= 0.6 is 11.3 Å². The molecular weight excluding hydrogens is 286 g/mol. The molecule has 21 heavy (non-hydrogen) atoms. The minimum atomic E-state index is -0.436. The Balaban J connectivity index is 2.64. The van der Waals surface area contributed by atoms with Gasteiger partial charge in [0, 0.05) is 12.4 Å². The minimum Gasteiger partial charge on any atom is -0.409 e. The average Bonchev–Trinajstić information content (AvgIpc) is 2.98. The van der Waals surface area contributed by atoms with Crippen LogP contribution in [0.3, 0.4) is 0 Å². The van der Waals surface area contributed by atoms with Gasteiger partial charge in [0.05, 0.1) is 16.1 Å². The molecule has 0 bridgehead atoms. The highest BCUT2D eigenvalue weighted by molar-refractivity contribution is 7.13. The van der Waals surface area contributed by atoms with E-state index in [0.717, 1.165) is 21.3 Å². The molecule has 0 unspecified atom stereocenters. The molecule has 2 aromatic heterocycles. The van der Waals surface area contributed by atoms with Crippen molar-refractivity contribution in [3.63, 3.8) is 0 Å². The Morgan fingerprint density at radius 3 is 2.81 bits per heavy atom. The van der Waals surface area contributed by atoms with Crippen molar-refractivity contribution in [1.29, 1.82) is 0 Å². The predicted octanol–water partition coefficient (Wildman–Crippen LogP) is 2.26. The van der Waals surface area contributed by atoms with Crippen LogP contribution in [0.4, 0.5) is 0 Å². The fourth-order valence-corrected chi connectivity index (χ4v) is 3.00. The molecule has 106 valence electrons. The topological polar surface area (TPSA) is 67.5 Å². The molecule has 0 aliphatic rings. The highest BCUT2D eigenvalue weighted by Crippen LogP contribution is 2.28. The molecule has 0 aliphatic carbocycles. The third-order valence-electron chi connectivity index (χ3n) is 3.33. The van der Waals surface area contributed by atoms with E-state index < -0.39 is 5.56 Å². The number of aryl methyl sites for hydroxylation is 2. The van der Waals surface area contributed by atoms with E-state index in [1.807, 2.05) is 42.6 Å². The number of hydrogen-bond donors (Lipinski definition) is 1. The Hall–Kier alpha value is -2.47. The smallest absolute Gasteiger partial charge is 0.299 e. The van der Waals surface area contributed by atoms with Crippen LogP contribution in [0, 0.1) is 6.92 Å². The van der Waals surface area contributed by atoms with Crippen LogP contribution < -0.4 is 11.0 Å². The lowest BCUT2D eigenvalue weighted by molar-refractivity contribution is 0.297. The Morgan fingerprint density at radius 1 is 1.33 bits per heavy atom. The summed E-state index contributed by atoms with van der Waals surface area (Å²) in [6, 6.07) is 9.66. The summed E-state index contributed by atoms with van der Waals surface area (Å²) in [6.07, 6.45) is 0. The Bertz CT molecular complexity index is 944. The van der Waals surface area contributed by atoms with Crippen LogP contribution in [0.2, 0.25) is 0 Å². The monoisotopic (exact) mass is 299 g/mol. The molecule has 3 aromatic rings. The lowest BCUT2D eigenvalue weighted by Gasteiger charge is -2.03. The third-order valence-corrected chi connectivity index (χ3v) is 4.21. The standard InChI is InChI=1S/C15H13N3O2S/c1-9-5-6-11-10(8-9)13(12-4-3-7-21-12)16-14(17-20)15(19)18(11)2/h3-8,20H,1-2H3/b17-14+.